The Kier molecular flexibility index (Phi) is 6.15. The summed E-state index contributed by atoms with van der Waals surface area (Å²) in [6.07, 6.45) is 0.981. The van der Waals surface area contributed by atoms with Crippen molar-refractivity contribution in [1.82, 2.24) is 5.32 Å². The molecule has 1 N–H and O–H groups in total. The van der Waals surface area contributed by atoms with Crippen molar-refractivity contribution in [3.8, 4) is 11.5 Å². The van der Waals surface area contributed by atoms with E-state index in [2.05, 4.69) is 10.1 Å². The minimum Gasteiger partial charge on any atom is -0.497 e. The van der Waals surface area contributed by atoms with Crippen molar-refractivity contribution in [2.24, 2.45) is 0 Å². The molecule has 0 fully saturated rings. The first-order valence-corrected chi connectivity index (χ1v) is 6.12. The van der Waals surface area contributed by atoms with E-state index >= 15 is 0 Å². The predicted octanol–water partition coefficient (Wildman–Crippen LogP) is 1.92. The van der Waals surface area contributed by atoms with Crippen LogP contribution in [0.15, 0.2) is 18.2 Å². The Morgan fingerprint density at radius 3 is 2.53 bits per heavy atom. The highest BCUT2D eigenvalue weighted by Gasteiger charge is 2.17. The molecule has 1 unspecified atom stereocenters. The molecule has 0 bridgehead atoms. The second-order valence-electron chi connectivity index (χ2n) is 4.06. The van der Waals surface area contributed by atoms with E-state index in [9.17, 15) is 4.79 Å². The first-order valence-electron chi connectivity index (χ1n) is 6.12. The number of hydrogen-bond donors (Lipinski definition) is 1. The predicted molar refractivity (Wildman–Crippen MR) is 72.6 cm³/mol. The maximum atomic E-state index is 11.2. The molecular formula is C14H21NO4. The lowest BCUT2D eigenvalue weighted by Crippen LogP contribution is -2.18. The van der Waals surface area contributed by atoms with Gasteiger partial charge in [-0.3, -0.25) is 4.79 Å². The van der Waals surface area contributed by atoms with Crippen LogP contribution >= 0.6 is 0 Å². The van der Waals surface area contributed by atoms with Crippen LogP contribution in [-0.4, -0.2) is 34.3 Å². The zero-order chi connectivity index (χ0) is 14.3. The average molecular weight is 267 g/mol. The number of ether oxygens (including phenoxy) is 3. The molecule has 1 aromatic carbocycles. The van der Waals surface area contributed by atoms with Crippen molar-refractivity contribution in [3.05, 3.63) is 23.8 Å². The highest BCUT2D eigenvalue weighted by molar-refractivity contribution is 5.69. The first kappa shape index (κ1) is 15.3. The van der Waals surface area contributed by atoms with E-state index in [1.807, 2.05) is 25.2 Å². The molecule has 1 rings (SSSR count). The fourth-order valence-corrected chi connectivity index (χ4v) is 1.93. The number of carbonyl (C=O) groups is 1. The summed E-state index contributed by atoms with van der Waals surface area (Å²) >= 11 is 0. The van der Waals surface area contributed by atoms with Gasteiger partial charge in [-0.25, -0.2) is 0 Å². The Hall–Kier alpha value is -1.75. The van der Waals surface area contributed by atoms with Gasteiger partial charge in [0.05, 0.1) is 21.3 Å². The van der Waals surface area contributed by atoms with E-state index in [0.717, 1.165) is 17.1 Å². The molecule has 1 atom stereocenters. The van der Waals surface area contributed by atoms with E-state index < -0.39 is 0 Å². The zero-order valence-corrected chi connectivity index (χ0v) is 11.9. The minimum atomic E-state index is -0.220. The standard InChI is InChI=1S/C14H21NO4/c1-15-12(6-8-14(16)19-4)11-9-10(17-2)5-7-13(11)18-3/h5,7,9,12,15H,6,8H2,1-4H3. The van der Waals surface area contributed by atoms with Crippen LogP contribution in [0, 0.1) is 0 Å². The molecule has 0 aliphatic rings. The molecular weight excluding hydrogens is 246 g/mol. The summed E-state index contributed by atoms with van der Waals surface area (Å²) in [5.41, 5.74) is 0.966. The average Bonchev–Trinajstić information content (AvgIpc) is 2.47. The monoisotopic (exact) mass is 267 g/mol. The molecule has 106 valence electrons. The molecule has 19 heavy (non-hydrogen) atoms. The summed E-state index contributed by atoms with van der Waals surface area (Å²) in [7, 11) is 6.48. The Morgan fingerprint density at radius 2 is 2.00 bits per heavy atom. The summed E-state index contributed by atoms with van der Waals surface area (Å²) in [6, 6.07) is 5.62. The Morgan fingerprint density at radius 1 is 1.26 bits per heavy atom. The molecule has 0 heterocycles. The van der Waals surface area contributed by atoms with Gasteiger partial charge in [0.2, 0.25) is 0 Å². The summed E-state index contributed by atoms with van der Waals surface area (Å²) in [4.78, 5) is 11.2. The van der Waals surface area contributed by atoms with Crippen LogP contribution in [0.1, 0.15) is 24.4 Å². The fraction of sp³-hybridized carbons (Fsp3) is 0.500. The summed E-state index contributed by atoms with van der Waals surface area (Å²) in [5, 5.41) is 3.18. The zero-order valence-electron chi connectivity index (χ0n) is 11.9. The number of esters is 1. The summed E-state index contributed by atoms with van der Waals surface area (Å²) < 4.78 is 15.2. The fourth-order valence-electron chi connectivity index (χ4n) is 1.93. The molecule has 5 heteroatoms. The van der Waals surface area contributed by atoms with Crippen molar-refractivity contribution >= 4 is 5.97 Å². The number of methoxy groups -OCH3 is 3. The molecule has 1 aromatic rings. The van der Waals surface area contributed by atoms with Crippen molar-refractivity contribution < 1.29 is 19.0 Å². The van der Waals surface area contributed by atoms with E-state index in [4.69, 9.17) is 9.47 Å². The molecule has 0 saturated carbocycles. The van der Waals surface area contributed by atoms with Gasteiger partial charge in [0.1, 0.15) is 11.5 Å². The first-order chi connectivity index (χ1) is 9.15. The molecule has 0 spiro atoms. The van der Waals surface area contributed by atoms with Gasteiger partial charge < -0.3 is 19.5 Å². The van der Waals surface area contributed by atoms with E-state index in [1.165, 1.54) is 7.11 Å². The third-order valence-electron chi connectivity index (χ3n) is 3.03. The van der Waals surface area contributed by atoms with Crippen molar-refractivity contribution in [2.45, 2.75) is 18.9 Å². The normalized spacial score (nSPS) is 11.8. The lowest BCUT2D eigenvalue weighted by molar-refractivity contribution is -0.140. The summed E-state index contributed by atoms with van der Waals surface area (Å²) in [5.74, 6) is 1.31. The van der Waals surface area contributed by atoms with E-state index in [-0.39, 0.29) is 12.0 Å². The largest absolute Gasteiger partial charge is 0.497 e. The smallest absolute Gasteiger partial charge is 0.305 e. The van der Waals surface area contributed by atoms with Crippen LogP contribution in [0.25, 0.3) is 0 Å². The number of nitrogens with one attached hydrogen (secondary N) is 1. The van der Waals surface area contributed by atoms with Gasteiger partial charge in [0.25, 0.3) is 0 Å². The Balaban J connectivity index is 2.92. The van der Waals surface area contributed by atoms with Gasteiger partial charge in [-0.05, 0) is 31.7 Å². The number of hydrogen-bond acceptors (Lipinski definition) is 5. The molecule has 0 radical (unpaired) electrons. The quantitative estimate of drug-likeness (QED) is 0.765. The SMILES string of the molecule is CNC(CCC(=O)OC)c1cc(OC)ccc1OC. The number of carbonyl (C=O) groups excluding carboxylic acids is 1. The Bertz CT molecular complexity index is 420. The molecule has 0 aliphatic heterocycles. The third kappa shape index (κ3) is 4.13. The van der Waals surface area contributed by atoms with Crippen LogP contribution in [0.3, 0.4) is 0 Å². The van der Waals surface area contributed by atoms with E-state index in [1.54, 1.807) is 14.2 Å². The molecule has 0 amide bonds. The van der Waals surface area contributed by atoms with Gasteiger partial charge in [-0.2, -0.15) is 0 Å². The molecule has 0 aliphatic carbocycles. The highest BCUT2D eigenvalue weighted by atomic mass is 16.5. The van der Waals surface area contributed by atoms with Gasteiger partial charge in [-0.15, -0.1) is 0 Å². The van der Waals surface area contributed by atoms with Crippen LogP contribution in [0.5, 0.6) is 11.5 Å². The molecule has 5 nitrogen and oxygen atoms in total. The van der Waals surface area contributed by atoms with E-state index in [0.29, 0.717) is 12.8 Å². The van der Waals surface area contributed by atoms with Gasteiger partial charge in [0.15, 0.2) is 0 Å². The van der Waals surface area contributed by atoms with Crippen molar-refractivity contribution in [2.75, 3.05) is 28.4 Å². The second kappa shape index (κ2) is 7.63. The topological polar surface area (TPSA) is 56.8 Å². The minimum absolute atomic E-state index is 0.00384. The number of rotatable bonds is 7. The van der Waals surface area contributed by atoms with Crippen molar-refractivity contribution in [3.63, 3.8) is 0 Å². The van der Waals surface area contributed by atoms with Crippen molar-refractivity contribution in [1.29, 1.82) is 0 Å². The second-order valence-corrected chi connectivity index (χ2v) is 4.06. The molecule has 0 aromatic heterocycles. The van der Waals surface area contributed by atoms with Crippen LogP contribution < -0.4 is 14.8 Å². The van der Waals surface area contributed by atoms with Crippen LogP contribution in [-0.2, 0) is 9.53 Å². The summed E-state index contributed by atoms with van der Waals surface area (Å²) in [6.45, 7) is 0. The van der Waals surface area contributed by atoms with Crippen LogP contribution in [0.2, 0.25) is 0 Å². The Labute approximate surface area is 113 Å². The lowest BCUT2D eigenvalue weighted by Gasteiger charge is -2.19. The maximum absolute atomic E-state index is 11.2. The lowest BCUT2D eigenvalue weighted by atomic mass is 10.0. The van der Waals surface area contributed by atoms with Gasteiger partial charge in [0, 0.05) is 18.0 Å². The maximum Gasteiger partial charge on any atom is 0.305 e. The third-order valence-corrected chi connectivity index (χ3v) is 3.03. The van der Waals surface area contributed by atoms with Crippen LogP contribution in [0.4, 0.5) is 0 Å². The molecule has 0 saturated heterocycles. The van der Waals surface area contributed by atoms with Gasteiger partial charge in [-0.1, -0.05) is 0 Å². The highest BCUT2D eigenvalue weighted by Crippen LogP contribution is 2.31. The van der Waals surface area contributed by atoms with Gasteiger partial charge >= 0.3 is 5.97 Å². The number of benzene rings is 1.